The summed E-state index contributed by atoms with van der Waals surface area (Å²) in [4.78, 5) is 25.2. The van der Waals surface area contributed by atoms with Gasteiger partial charge in [0.1, 0.15) is 0 Å². The smallest absolute Gasteiger partial charge is 0.256 e. The molecule has 0 unspecified atom stereocenters. The fourth-order valence-electron chi connectivity index (χ4n) is 1.80. The summed E-state index contributed by atoms with van der Waals surface area (Å²) in [6.45, 7) is 2.64. The molecule has 1 aliphatic rings. The standard InChI is InChI=1S/C12H15ClN2O4/c13-11-9(2-6-19-11)12(17)14-3-1-10(16)15-4-7-18-8-5-15/h2,6H,1,3-5,7-8H2,(H,14,17). The molecule has 2 amide bonds. The monoisotopic (exact) mass is 286 g/mol. The average Bonchev–Trinajstić information content (AvgIpc) is 2.86. The van der Waals surface area contributed by atoms with E-state index in [4.69, 9.17) is 20.8 Å². The molecule has 1 N–H and O–H groups in total. The molecule has 2 rings (SSSR count). The first kappa shape index (κ1) is 13.9. The average molecular weight is 287 g/mol. The van der Waals surface area contributed by atoms with Crippen molar-refractivity contribution in [1.82, 2.24) is 10.2 Å². The lowest BCUT2D eigenvalue weighted by molar-refractivity contribution is -0.135. The second-order valence-corrected chi connectivity index (χ2v) is 4.45. The van der Waals surface area contributed by atoms with E-state index in [0.717, 1.165) is 0 Å². The predicted molar refractivity (Wildman–Crippen MR) is 68.1 cm³/mol. The molecule has 0 atom stereocenters. The molecule has 1 aliphatic heterocycles. The number of hydrogen-bond donors (Lipinski definition) is 1. The van der Waals surface area contributed by atoms with Crippen LogP contribution in [-0.4, -0.2) is 49.6 Å². The van der Waals surface area contributed by atoms with Crippen LogP contribution in [0.3, 0.4) is 0 Å². The van der Waals surface area contributed by atoms with Crippen molar-refractivity contribution >= 4 is 23.4 Å². The number of carbonyl (C=O) groups is 2. The van der Waals surface area contributed by atoms with E-state index >= 15 is 0 Å². The quantitative estimate of drug-likeness (QED) is 0.893. The number of ether oxygens (including phenoxy) is 1. The van der Waals surface area contributed by atoms with Crippen molar-refractivity contribution < 1.29 is 18.7 Å². The maximum atomic E-state index is 11.8. The number of amides is 2. The number of nitrogens with one attached hydrogen (secondary N) is 1. The van der Waals surface area contributed by atoms with Gasteiger partial charge in [0.15, 0.2) is 0 Å². The number of furan rings is 1. The van der Waals surface area contributed by atoms with Gasteiger partial charge in [-0.1, -0.05) is 0 Å². The summed E-state index contributed by atoms with van der Waals surface area (Å²) in [6, 6.07) is 1.49. The van der Waals surface area contributed by atoms with Crippen molar-refractivity contribution in [3.8, 4) is 0 Å². The Kier molecular flexibility index (Phi) is 4.81. The van der Waals surface area contributed by atoms with Crippen LogP contribution in [0.5, 0.6) is 0 Å². The van der Waals surface area contributed by atoms with Crippen LogP contribution < -0.4 is 5.32 Å². The Morgan fingerprint density at radius 1 is 1.37 bits per heavy atom. The van der Waals surface area contributed by atoms with Crippen molar-refractivity contribution in [3.63, 3.8) is 0 Å². The number of nitrogens with zero attached hydrogens (tertiary/aromatic N) is 1. The predicted octanol–water partition coefficient (Wildman–Crippen LogP) is 0.912. The third kappa shape index (κ3) is 3.71. The SMILES string of the molecule is O=C(NCCC(=O)N1CCOCC1)c1ccoc1Cl. The van der Waals surface area contributed by atoms with E-state index in [-0.39, 0.29) is 35.6 Å². The van der Waals surface area contributed by atoms with Gasteiger partial charge in [0, 0.05) is 26.1 Å². The van der Waals surface area contributed by atoms with Gasteiger partial charge in [-0.15, -0.1) is 0 Å². The minimum Gasteiger partial charge on any atom is -0.452 e. The molecule has 0 saturated carbocycles. The molecule has 0 aromatic carbocycles. The van der Waals surface area contributed by atoms with Crippen LogP contribution in [0.15, 0.2) is 16.7 Å². The molecular weight excluding hydrogens is 272 g/mol. The fraction of sp³-hybridized carbons (Fsp3) is 0.500. The van der Waals surface area contributed by atoms with Gasteiger partial charge in [0.2, 0.25) is 11.1 Å². The minimum absolute atomic E-state index is 0.0156. The van der Waals surface area contributed by atoms with E-state index in [1.165, 1.54) is 12.3 Å². The summed E-state index contributed by atoms with van der Waals surface area (Å²) >= 11 is 5.68. The summed E-state index contributed by atoms with van der Waals surface area (Å²) < 4.78 is 9.99. The van der Waals surface area contributed by atoms with E-state index in [1.54, 1.807) is 4.90 Å². The lowest BCUT2D eigenvalue weighted by Gasteiger charge is -2.26. The van der Waals surface area contributed by atoms with Crippen LogP contribution in [-0.2, 0) is 9.53 Å². The number of halogens is 1. The molecule has 104 valence electrons. The minimum atomic E-state index is -0.339. The summed E-state index contributed by atoms with van der Waals surface area (Å²) in [5, 5.41) is 2.69. The van der Waals surface area contributed by atoms with Gasteiger partial charge in [-0.05, 0) is 17.7 Å². The molecule has 1 aromatic rings. The molecule has 2 heterocycles. The fourth-order valence-corrected chi connectivity index (χ4v) is 2.01. The molecule has 0 bridgehead atoms. The van der Waals surface area contributed by atoms with Crippen LogP contribution in [0.25, 0.3) is 0 Å². The van der Waals surface area contributed by atoms with Gasteiger partial charge < -0.3 is 19.4 Å². The van der Waals surface area contributed by atoms with E-state index in [9.17, 15) is 9.59 Å². The molecule has 1 saturated heterocycles. The number of morpholine rings is 1. The Hall–Kier alpha value is -1.53. The zero-order chi connectivity index (χ0) is 13.7. The van der Waals surface area contributed by atoms with Crippen molar-refractivity contribution in [2.45, 2.75) is 6.42 Å². The summed E-state index contributed by atoms with van der Waals surface area (Å²) in [5.41, 5.74) is 0.278. The lowest BCUT2D eigenvalue weighted by atomic mass is 10.3. The zero-order valence-corrected chi connectivity index (χ0v) is 11.1. The lowest BCUT2D eigenvalue weighted by Crippen LogP contribution is -2.42. The Morgan fingerprint density at radius 3 is 2.74 bits per heavy atom. The van der Waals surface area contributed by atoms with Gasteiger partial charge in [-0.25, -0.2) is 0 Å². The van der Waals surface area contributed by atoms with Gasteiger partial charge in [-0.3, -0.25) is 9.59 Å². The second-order valence-electron chi connectivity index (χ2n) is 4.11. The summed E-state index contributed by atoms with van der Waals surface area (Å²) in [5.74, 6) is -0.324. The zero-order valence-electron chi connectivity index (χ0n) is 10.4. The number of hydrogen-bond acceptors (Lipinski definition) is 4. The van der Waals surface area contributed by atoms with Crippen molar-refractivity contribution in [3.05, 3.63) is 23.1 Å². The molecule has 1 aromatic heterocycles. The Balaban J connectivity index is 1.73. The maximum Gasteiger partial charge on any atom is 0.256 e. The first-order valence-electron chi connectivity index (χ1n) is 6.05. The van der Waals surface area contributed by atoms with Crippen molar-refractivity contribution in [1.29, 1.82) is 0 Å². The van der Waals surface area contributed by atoms with E-state index in [0.29, 0.717) is 26.3 Å². The Morgan fingerprint density at radius 2 is 2.11 bits per heavy atom. The molecule has 0 spiro atoms. The number of carbonyl (C=O) groups excluding carboxylic acids is 2. The van der Waals surface area contributed by atoms with Gasteiger partial charge in [0.25, 0.3) is 5.91 Å². The number of rotatable bonds is 4. The first-order chi connectivity index (χ1) is 9.18. The van der Waals surface area contributed by atoms with Gasteiger partial charge in [0.05, 0.1) is 25.0 Å². The second kappa shape index (κ2) is 6.58. The summed E-state index contributed by atoms with van der Waals surface area (Å²) in [6.07, 6.45) is 1.61. The van der Waals surface area contributed by atoms with Crippen molar-refractivity contribution in [2.75, 3.05) is 32.8 Å². The largest absolute Gasteiger partial charge is 0.452 e. The highest BCUT2D eigenvalue weighted by Gasteiger charge is 2.17. The van der Waals surface area contributed by atoms with E-state index < -0.39 is 0 Å². The van der Waals surface area contributed by atoms with Gasteiger partial charge in [-0.2, -0.15) is 0 Å². The van der Waals surface area contributed by atoms with Crippen molar-refractivity contribution in [2.24, 2.45) is 0 Å². The van der Waals surface area contributed by atoms with Crippen LogP contribution >= 0.6 is 11.6 Å². The first-order valence-corrected chi connectivity index (χ1v) is 6.43. The Labute approximate surface area is 115 Å². The topological polar surface area (TPSA) is 71.8 Å². The molecule has 6 nitrogen and oxygen atoms in total. The highest BCUT2D eigenvalue weighted by atomic mass is 35.5. The van der Waals surface area contributed by atoms with Crippen LogP contribution in [0, 0.1) is 0 Å². The van der Waals surface area contributed by atoms with Crippen LogP contribution in [0.4, 0.5) is 0 Å². The van der Waals surface area contributed by atoms with E-state index in [1.807, 2.05) is 0 Å². The molecule has 0 aliphatic carbocycles. The third-order valence-corrected chi connectivity index (χ3v) is 3.14. The summed E-state index contributed by atoms with van der Waals surface area (Å²) in [7, 11) is 0. The third-order valence-electron chi connectivity index (χ3n) is 2.85. The molecule has 0 radical (unpaired) electrons. The normalized spacial score (nSPS) is 15.3. The molecule has 19 heavy (non-hydrogen) atoms. The van der Waals surface area contributed by atoms with Crippen LogP contribution in [0.1, 0.15) is 16.8 Å². The maximum absolute atomic E-state index is 11.8. The molecule has 7 heteroatoms. The van der Waals surface area contributed by atoms with Gasteiger partial charge >= 0.3 is 0 Å². The highest BCUT2D eigenvalue weighted by molar-refractivity contribution is 6.32. The highest BCUT2D eigenvalue weighted by Crippen LogP contribution is 2.16. The molecular formula is C12H15ClN2O4. The molecule has 1 fully saturated rings. The van der Waals surface area contributed by atoms with Crippen LogP contribution in [0.2, 0.25) is 5.22 Å². The van der Waals surface area contributed by atoms with E-state index in [2.05, 4.69) is 5.32 Å². The Bertz CT molecular complexity index is 454.